The molecule has 104 valence electrons. The Morgan fingerprint density at radius 1 is 1.50 bits per heavy atom. The van der Waals surface area contributed by atoms with Gasteiger partial charge in [-0.1, -0.05) is 0 Å². The molecule has 0 heterocycles. The number of hydrogen-bond donors (Lipinski definition) is 2. The SMILES string of the molecule is CC(C)(C)OC(O)NCC(=O)C12CC(F)C(C1)C2. The molecule has 3 fully saturated rings. The summed E-state index contributed by atoms with van der Waals surface area (Å²) >= 11 is 0. The van der Waals surface area contributed by atoms with E-state index in [1.807, 2.05) is 20.8 Å². The molecular formula is C13H22FNO3. The van der Waals surface area contributed by atoms with Crippen molar-refractivity contribution >= 4 is 5.78 Å². The van der Waals surface area contributed by atoms with E-state index in [-0.39, 0.29) is 18.2 Å². The van der Waals surface area contributed by atoms with Crippen LogP contribution in [0.5, 0.6) is 0 Å². The van der Waals surface area contributed by atoms with Crippen LogP contribution in [0.2, 0.25) is 0 Å². The largest absolute Gasteiger partial charge is 0.356 e. The van der Waals surface area contributed by atoms with Crippen LogP contribution >= 0.6 is 0 Å². The number of carbonyl (C=O) groups is 1. The molecule has 0 aromatic heterocycles. The zero-order valence-corrected chi connectivity index (χ0v) is 11.2. The Balaban J connectivity index is 1.76. The number of rotatable bonds is 5. The first kappa shape index (κ1) is 13.9. The molecule has 0 aromatic rings. The van der Waals surface area contributed by atoms with Crippen molar-refractivity contribution in [1.29, 1.82) is 0 Å². The summed E-state index contributed by atoms with van der Waals surface area (Å²) in [7, 11) is 0. The number of ether oxygens (including phenoxy) is 1. The average Bonchev–Trinajstić information content (AvgIpc) is 2.63. The number of halogens is 1. The van der Waals surface area contributed by atoms with Crippen molar-refractivity contribution in [1.82, 2.24) is 5.32 Å². The van der Waals surface area contributed by atoms with E-state index in [0.717, 1.165) is 0 Å². The highest BCUT2D eigenvalue weighted by atomic mass is 19.1. The second-order valence-corrected chi connectivity index (χ2v) is 6.56. The van der Waals surface area contributed by atoms with Crippen molar-refractivity contribution in [3.8, 4) is 0 Å². The van der Waals surface area contributed by atoms with Crippen molar-refractivity contribution in [2.45, 2.75) is 58.2 Å². The number of aliphatic hydroxyl groups is 1. The van der Waals surface area contributed by atoms with Crippen LogP contribution in [0.25, 0.3) is 0 Å². The third-order valence-corrected chi connectivity index (χ3v) is 3.90. The van der Waals surface area contributed by atoms with E-state index >= 15 is 0 Å². The Morgan fingerprint density at radius 2 is 2.11 bits per heavy atom. The van der Waals surface area contributed by atoms with Crippen molar-refractivity contribution < 1.29 is 19.0 Å². The summed E-state index contributed by atoms with van der Waals surface area (Å²) in [6.07, 6.45) is -0.280. The van der Waals surface area contributed by atoms with Crippen LogP contribution in [-0.4, -0.2) is 35.6 Å². The highest BCUT2D eigenvalue weighted by Crippen LogP contribution is 2.60. The first-order chi connectivity index (χ1) is 8.22. The fraction of sp³-hybridized carbons (Fsp3) is 0.923. The first-order valence-electron chi connectivity index (χ1n) is 6.48. The number of alkyl halides is 1. The molecule has 0 aromatic carbocycles. The zero-order valence-electron chi connectivity index (χ0n) is 11.2. The van der Waals surface area contributed by atoms with Gasteiger partial charge in [-0.2, -0.15) is 0 Å². The van der Waals surface area contributed by atoms with Crippen LogP contribution in [-0.2, 0) is 9.53 Å². The van der Waals surface area contributed by atoms with Gasteiger partial charge < -0.3 is 9.84 Å². The second-order valence-electron chi connectivity index (χ2n) is 6.56. The highest BCUT2D eigenvalue weighted by molar-refractivity contribution is 5.88. The van der Waals surface area contributed by atoms with E-state index in [4.69, 9.17) is 4.74 Å². The molecule has 2 bridgehead atoms. The quantitative estimate of drug-likeness (QED) is 0.732. The Morgan fingerprint density at radius 3 is 2.56 bits per heavy atom. The average molecular weight is 259 g/mol. The molecule has 0 amide bonds. The lowest BCUT2D eigenvalue weighted by molar-refractivity contribution is -0.183. The Bertz CT molecular complexity index is 334. The molecule has 2 N–H and O–H groups in total. The normalized spacial score (nSPS) is 36.3. The molecule has 4 nitrogen and oxygen atoms in total. The minimum absolute atomic E-state index is 0.00420. The fourth-order valence-corrected chi connectivity index (χ4v) is 2.99. The number of ketones is 1. The highest BCUT2D eigenvalue weighted by Gasteiger charge is 2.60. The van der Waals surface area contributed by atoms with Crippen molar-refractivity contribution in [3.63, 3.8) is 0 Å². The number of Topliss-reactive ketones (excluding diaryl/α,β-unsaturated/α-hetero) is 1. The van der Waals surface area contributed by atoms with Crippen LogP contribution in [0.4, 0.5) is 4.39 Å². The molecule has 3 saturated carbocycles. The van der Waals surface area contributed by atoms with Gasteiger partial charge in [0, 0.05) is 5.41 Å². The van der Waals surface area contributed by atoms with E-state index in [9.17, 15) is 14.3 Å². The number of carbonyl (C=O) groups excluding carboxylic acids is 1. The minimum atomic E-state index is -1.16. The Kier molecular flexibility index (Phi) is 3.51. The molecule has 0 saturated heterocycles. The van der Waals surface area contributed by atoms with E-state index in [2.05, 4.69) is 5.32 Å². The number of fused-ring (bicyclic) bond motifs is 1. The lowest BCUT2D eigenvalue weighted by Crippen LogP contribution is -2.46. The number of nitrogens with one attached hydrogen (secondary N) is 1. The van der Waals surface area contributed by atoms with Gasteiger partial charge in [-0.25, -0.2) is 4.39 Å². The van der Waals surface area contributed by atoms with Crippen LogP contribution in [0.1, 0.15) is 40.0 Å². The fourth-order valence-electron chi connectivity index (χ4n) is 2.99. The maximum atomic E-state index is 13.3. The van der Waals surface area contributed by atoms with Gasteiger partial charge in [-0.3, -0.25) is 10.1 Å². The van der Waals surface area contributed by atoms with Gasteiger partial charge in [0.05, 0.1) is 12.1 Å². The molecule has 2 unspecified atom stereocenters. The van der Waals surface area contributed by atoms with E-state index in [0.29, 0.717) is 19.3 Å². The molecule has 2 atom stereocenters. The summed E-state index contributed by atoms with van der Waals surface area (Å²) in [5.74, 6) is 0.0835. The third kappa shape index (κ3) is 2.73. The van der Waals surface area contributed by atoms with Gasteiger partial charge in [-0.05, 0) is 46.0 Å². The molecule has 3 aliphatic rings. The molecule has 5 heteroatoms. The predicted octanol–water partition coefficient (Wildman–Crippen LogP) is 1.37. The second kappa shape index (κ2) is 4.54. The molecule has 0 aliphatic heterocycles. The summed E-state index contributed by atoms with van der Waals surface area (Å²) in [4.78, 5) is 12.0. The summed E-state index contributed by atoms with van der Waals surface area (Å²) < 4.78 is 18.6. The number of aliphatic hydroxyl groups excluding tert-OH is 1. The molecule has 3 aliphatic carbocycles. The van der Waals surface area contributed by atoms with E-state index in [1.165, 1.54) is 0 Å². The van der Waals surface area contributed by atoms with Gasteiger partial charge >= 0.3 is 0 Å². The molecule has 0 spiro atoms. The summed E-state index contributed by atoms with van der Waals surface area (Å²) in [6.45, 7) is 5.50. The zero-order chi connectivity index (χ0) is 13.6. The lowest BCUT2D eigenvalue weighted by atomic mass is 9.67. The van der Waals surface area contributed by atoms with E-state index < -0.39 is 23.6 Å². The van der Waals surface area contributed by atoms with Gasteiger partial charge in [0.2, 0.25) is 6.41 Å². The maximum Gasteiger partial charge on any atom is 0.214 e. The molecular weight excluding hydrogens is 237 g/mol. The predicted molar refractivity (Wildman–Crippen MR) is 64.5 cm³/mol. The summed E-state index contributed by atoms with van der Waals surface area (Å²) in [5, 5.41) is 12.2. The summed E-state index contributed by atoms with van der Waals surface area (Å²) in [5.41, 5.74) is -0.939. The van der Waals surface area contributed by atoms with Gasteiger partial charge in [0.1, 0.15) is 6.17 Å². The molecule has 0 radical (unpaired) electrons. The van der Waals surface area contributed by atoms with Crippen LogP contribution in [0, 0.1) is 11.3 Å². The third-order valence-electron chi connectivity index (χ3n) is 3.90. The van der Waals surface area contributed by atoms with Crippen molar-refractivity contribution in [2.75, 3.05) is 6.54 Å². The van der Waals surface area contributed by atoms with E-state index in [1.54, 1.807) is 0 Å². The topological polar surface area (TPSA) is 58.6 Å². The van der Waals surface area contributed by atoms with Gasteiger partial charge in [0.15, 0.2) is 5.78 Å². The van der Waals surface area contributed by atoms with Crippen LogP contribution in [0.3, 0.4) is 0 Å². The summed E-state index contributed by atoms with van der Waals surface area (Å²) in [6, 6.07) is 0. The maximum absolute atomic E-state index is 13.3. The molecule has 3 rings (SSSR count). The van der Waals surface area contributed by atoms with Crippen molar-refractivity contribution in [2.24, 2.45) is 11.3 Å². The van der Waals surface area contributed by atoms with Gasteiger partial charge in [0.25, 0.3) is 0 Å². The van der Waals surface area contributed by atoms with Crippen LogP contribution in [0.15, 0.2) is 0 Å². The monoisotopic (exact) mass is 259 g/mol. The van der Waals surface area contributed by atoms with Crippen molar-refractivity contribution in [3.05, 3.63) is 0 Å². The van der Waals surface area contributed by atoms with Crippen LogP contribution < -0.4 is 5.32 Å². The Hall–Kier alpha value is -0.520. The smallest absolute Gasteiger partial charge is 0.214 e. The number of hydrogen-bond acceptors (Lipinski definition) is 4. The van der Waals surface area contributed by atoms with Gasteiger partial charge in [-0.15, -0.1) is 0 Å². The standard InChI is InChI=1S/C13H22FNO3/c1-12(2,3)18-11(17)15-7-10(16)13-4-8(5-13)9(14)6-13/h8-9,11,15,17H,4-7H2,1-3H3. The Labute approximate surface area is 107 Å². The first-order valence-corrected chi connectivity index (χ1v) is 6.48. The minimum Gasteiger partial charge on any atom is -0.356 e. The molecule has 18 heavy (non-hydrogen) atoms. The lowest BCUT2D eigenvalue weighted by Gasteiger charge is -2.36.